The first-order valence-electron chi connectivity index (χ1n) is 9.68. The maximum Gasteiger partial charge on any atom is 0.262 e. The lowest BCUT2D eigenvalue weighted by Gasteiger charge is -2.16. The van der Waals surface area contributed by atoms with E-state index in [9.17, 15) is 14.9 Å². The number of aromatic nitrogens is 2. The molecule has 0 bridgehead atoms. The average Bonchev–Trinajstić information content (AvgIpc) is 3.28. The van der Waals surface area contributed by atoms with E-state index in [1.54, 1.807) is 41.0 Å². The molecule has 0 spiro atoms. The topological polar surface area (TPSA) is 97.0 Å². The van der Waals surface area contributed by atoms with Crippen molar-refractivity contribution in [3.63, 3.8) is 0 Å². The Balaban J connectivity index is 1.57. The normalized spacial score (nSPS) is 15.8. The maximum atomic E-state index is 13.1. The summed E-state index contributed by atoms with van der Waals surface area (Å²) >= 11 is 1.20. The van der Waals surface area contributed by atoms with Crippen LogP contribution in [0.1, 0.15) is 18.4 Å². The standard InChI is InChI=1S/C22H20N4O3S/c23-12-15-6-1-3-9-18(15)24-20(27)14-30-22-25-19-10-4-2-8-17(19)21(28)26(22)13-16-7-5-11-29-16/h1-4,6,8-10,16H,5,7,11,13-14H2,(H,24,27). The van der Waals surface area contributed by atoms with Crippen molar-refractivity contribution in [3.05, 3.63) is 64.4 Å². The lowest BCUT2D eigenvalue weighted by Crippen LogP contribution is -2.29. The Bertz CT molecular complexity index is 1180. The van der Waals surface area contributed by atoms with Gasteiger partial charge in [0.1, 0.15) is 6.07 Å². The number of thioether (sulfide) groups is 1. The lowest BCUT2D eigenvalue weighted by atomic mass is 10.2. The van der Waals surface area contributed by atoms with Gasteiger partial charge in [-0.3, -0.25) is 14.2 Å². The van der Waals surface area contributed by atoms with Crippen LogP contribution >= 0.6 is 11.8 Å². The van der Waals surface area contributed by atoms with E-state index in [1.165, 1.54) is 11.8 Å². The van der Waals surface area contributed by atoms with Crippen LogP contribution in [0, 0.1) is 11.3 Å². The SMILES string of the molecule is N#Cc1ccccc1NC(=O)CSc1nc2ccccc2c(=O)n1CC1CCCO1. The van der Waals surface area contributed by atoms with Gasteiger partial charge in [-0.2, -0.15) is 5.26 Å². The molecule has 3 aromatic rings. The molecule has 2 aromatic carbocycles. The zero-order valence-corrected chi connectivity index (χ0v) is 17.0. The molecule has 1 N–H and O–H groups in total. The van der Waals surface area contributed by atoms with Crippen molar-refractivity contribution in [2.45, 2.75) is 30.6 Å². The molecule has 7 nitrogen and oxygen atoms in total. The van der Waals surface area contributed by atoms with Crippen LogP contribution in [0.3, 0.4) is 0 Å². The number of carbonyl (C=O) groups is 1. The largest absolute Gasteiger partial charge is 0.376 e. The van der Waals surface area contributed by atoms with E-state index in [-0.39, 0.29) is 23.3 Å². The smallest absolute Gasteiger partial charge is 0.262 e. The summed E-state index contributed by atoms with van der Waals surface area (Å²) in [6.45, 7) is 1.11. The molecule has 2 heterocycles. The van der Waals surface area contributed by atoms with E-state index in [0.717, 1.165) is 12.8 Å². The number of ether oxygens (including phenoxy) is 1. The fourth-order valence-electron chi connectivity index (χ4n) is 3.42. The van der Waals surface area contributed by atoms with Crippen molar-refractivity contribution in [2.24, 2.45) is 0 Å². The number of nitriles is 1. The second-order valence-corrected chi connectivity index (χ2v) is 7.90. The van der Waals surface area contributed by atoms with Crippen LogP contribution in [0.15, 0.2) is 58.5 Å². The summed E-state index contributed by atoms with van der Waals surface area (Å²) in [7, 11) is 0. The summed E-state index contributed by atoms with van der Waals surface area (Å²) in [5.74, 6) is -0.204. The Morgan fingerprint density at radius 3 is 2.87 bits per heavy atom. The number of hydrogen-bond donors (Lipinski definition) is 1. The number of benzene rings is 2. The van der Waals surface area contributed by atoms with Gasteiger partial charge < -0.3 is 10.1 Å². The lowest BCUT2D eigenvalue weighted by molar-refractivity contribution is -0.113. The second kappa shape index (κ2) is 9.11. The summed E-state index contributed by atoms with van der Waals surface area (Å²) in [5.41, 5.74) is 1.33. The number of fused-ring (bicyclic) bond motifs is 1. The fourth-order valence-corrected chi connectivity index (χ4v) is 4.23. The highest BCUT2D eigenvalue weighted by Crippen LogP contribution is 2.22. The Morgan fingerprint density at radius 2 is 2.07 bits per heavy atom. The molecular formula is C22H20N4O3S. The molecule has 8 heteroatoms. The summed E-state index contributed by atoms with van der Waals surface area (Å²) in [5, 5.41) is 13.0. The van der Waals surface area contributed by atoms with Crippen LogP contribution in [-0.2, 0) is 16.1 Å². The summed E-state index contributed by atoms with van der Waals surface area (Å²) < 4.78 is 7.31. The molecule has 1 fully saturated rings. The maximum absolute atomic E-state index is 13.1. The first kappa shape index (κ1) is 20.1. The molecule has 1 amide bonds. The van der Waals surface area contributed by atoms with Gasteiger partial charge in [0.05, 0.1) is 40.6 Å². The van der Waals surface area contributed by atoms with E-state index >= 15 is 0 Å². The van der Waals surface area contributed by atoms with Gasteiger partial charge in [0.25, 0.3) is 5.56 Å². The number of anilines is 1. The number of nitrogens with one attached hydrogen (secondary N) is 1. The molecule has 1 aliphatic rings. The number of nitrogens with zero attached hydrogens (tertiary/aromatic N) is 3. The Kier molecular flexibility index (Phi) is 6.12. The van der Waals surface area contributed by atoms with Gasteiger partial charge in [0.15, 0.2) is 5.16 Å². The third kappa shape index (κ3) is 4.37. The zero-order valence-electron chi connectivity index (χ0n) is 16.2. The van der Waals surface area contributed by atoms with E-state index in [4.69, 9.17) is 4.74 Å². The molecule has 1 aromatic heterocycles. The monoisotopic (exact) mass is 420 g/mol. The van der Waals surface area contributed by atoms with Crippen LogP contribution < -0.4 is 10.9 Å². The summed E-state index contributed by atoms with van der Waals surface area (Å²) in [4.78, 5) is 30.2. The van der Waals surface area contributed by atoms with Gasteiger partial charge in [-0.25, -0.2) is 4.98 Å². The Morgan fingerprint density at radius 1 is 1.27 bits per heavy atom. The molecule has 4 rings (SSSR count). The molecule has 1 atom stereocenters. The second-order valence-electron chi connectivity index (χ2n) is 6.96. The fraction of sp³-hybridized carbons (Fsp3) is 0.273. The van der Waals surface area contributed by atoms with Crippen LogP contribution in [0.2, 0.25) is 0 Å². The van der Waals surface area contributed by atoms with E-state index in [0.29, 0.717) is 40.5 Å². The predicted molar refractivity (Wildman–Crippen MR) is 115 cm³/mol. The number of rotatable bonds is 6. The first-order valence-corrected chi connectivity index (χ1v) is 10.7. The molecule has 1 unspecified atom stereocenters. The van der Waals surface area contributed by atoms with Gasteiger partial charge in [-0.15, -0.1) is 0 Å². The molecular weight excluding hydrogens is 400 g/mol. The van der Waals surface area contributed by atoms with E-state index < -0.39 is 0 Å². The predicted octanol–water partition coefficient (Wildman–Crippen LogP) is 3.18. The Hall–Kier alpha value is -3.15. The number of para-hydroxylation sites is 2. The molecule has 1 aliphatic heterocycles. The minimum Gasteiger partial charge on any atom is -0.376 e. The van der Waals surface area contributed by atoms with Crippen LogP contribution in [0.5, 0.6) is 0 Å². The van der Waals surface area contributed by atoms with Crippen LogP contribution in [0.4, 0.5) is 5.69 Å². The van der Waals surface area contributed by atoms with Gasteiger partial charge in [0, 0.05) is 6.61 Å². The van der Waals surface area contributed by atoms with Crippen LogP contribution in [-0.4, -0.2) is 33.9 Å². The van der Waals surface area contributed by atoms with Gasteiger partial charge in [-0.1, -0.05) is 36.0 Å². The zero-order chi connectivity index (χ0) is 20.9. The highest BCUT2D eigenvalue weighted by Gasteiger charge is 2.20. The number of carbonyl (C=O) groups excluding carboxylic acids is 1. The molecule has 1 saturated heterocycles. The molecule has 0 radical (unpaired) electrons. The minimum atomic E-state index is -0.270. The molecule has 0 saturated carbocycles. The third-order valence-corrected chi connectivity index (χ3v) is 5.87. The van der Waals surface area contributed by atoms with Crippen molar-refractivity contribution >= 4 is 34.3 Å². The van der Waals surface area contributed by atoms with Crippen molar-refractivity contribution in [2.75, 3.05) is 17.7 Å². The summed E-state index contributed by atoms with van der Waals surface area (Å²) in [6.07, 6.45) is 1.85. The molecule has 30 heavy (non-hydrogen) atoms. The minimum absolute atomic E-state index is 0.0265. The highest BCUT2D eigenvalue weighted by atomic mass is 32.2. The van der Waals surface area contributed by atoms with Crippen molar-refractivity contribution < 1.29 is 9.53 Å². The van der Waals surface area contributed by atoms with Crippen LogP contribution in [0.25, 0.3) is 10.9 Å². The van der Waals surface area contributed by atoms with Gasteiger partial charge in [0.2, 0.25) is 5.91 Å². The molecule has 0 aliphatic carbocycles. The number of amides is 1. The Labute approximate surface area is 177 Å². The average molecular weight is 420 g/mol. The number of hydrogen-bond acceptors (Lipinski definition) is 6. The van der Waals surface area contributed by atoms with Gasteiger partial charge >= 0.3 is 0 Å². The first-order chi connectivity index (χ1) is 14.7. The van der Waals surface area contributed by atoms with E-state index in [1.807, 2.05) is 12.1 Å². The molecule has 152 valence electrons. The van der Waals surface area contributed by atoms with E-state index in [2.05, 4.69) is 16.4 Å². The third-order valence-electron chi connectivity index (χ3n) is 4.89. The van der Waals surface area contributed by atoms with Gasteiger partial charge in [-0.05, 0) is 37.1 Å². The summed E-state index contributed by atoms with van der Waals surface area (Å²) in [6, 6.07) is 16.1. The highest BCUT2D eigenvalue weighted by molar-refractivity contribution is 7.99. The van der Waals surface area contributed by atoms with Crippen molar-refractivity contribution in [1.82, 2.24) is 9.55 Å². The quantitative estimate of drug-likeness (QED) is 0.486. The van der Waals surface area contributed by atoms with Crippen molar-refractivity contribution in [1.29, 1.82) is 5.26 Å². The van der Waals surface area contributed by atoms with Crippen molar-refractivity contribution in [3.8, 4) is 6.07 Å².